The molecule has 2 rings (SSSR count). The molecule has 18 heavy (non-hydrogen) atoms. The molecule has 0 amide bonds. The maximum Gasteiger partial charge on any atom is 0.129 e. The van der Waals surface area contributed by atoms with Crippen LogP contribution in [0.2, 0.25) is 0 Å². The number of benzene rings is 1. The lowest BCUT2D eigenvalue weighted by atomic mass is 10.1. The van der Waals surface area contributed by atoms with Gasteiger partial charge in [0.15, 0.2) is 0 Å². The van der Waals surface area contributed by atoms with Gasteiger partial charge in [-0.1, -0.05) is 25.1 Å². The lowest BCUT2D eigenvalue weighted by Gasteiger charge is -2.14. The van der Waals surface area contributed by atoms with Crippen molar-refractivity contribution < 1.29 is 0 Å². The maximum atomic E-state index is 5.56. The molecule has 3 nitrogen and oxygen atoms in total. The van der Waals surface area contributed by atoms with Gasteiger partial charge in [-0.25, -0.2) is 4.98 Å². The van der Waals surface area contributed by atoms with Gasteiger partial charge in [0.25, 0.3) is 0 Å². The largest absolute Gasteiger partial charge is 0.370 e. The fourth-order valence-electron chi connectivity index (χ4n) is 2.06. The molecule has 2 aromatic rings. The van der Waals surface area contributed by atoms with Gasteiger partial charge in [-0.2, -0.15) is 0 Å². The fourth-order valence-corrected chi connectivity index (χ4v) is 2.06. The van der Waals surface area contributed by atoms with E-state index < -0.39 is 0 Å². The van der Waals surface area contributed by atoms with E-state index in [0.717, 1.165) is 30.8 Å². The summed E-state index contributed by atoms with van der Waals surface area (Å²) in [6, 6.07) is 10.4. The Hall–Kier alpha value is -1.61. The van der Waals surface area contributed by atoms with Gasteiger partial charge >= 0.3 is 0 Å². The Morgan fingerprint density at radius 3 is 2.89 bits per heavy atom. The monoisotopic (exact) mass is 243 g/mol. The SMILES string of the molecule is Cc1cc2ccccc2nc1NCC(C)CCN. The van der Waals surface area contributed by atoms with E-state index >= 15 is 0 Å². The van der Waals surface area contributed by atoms with Gasteiger partial charge in [0.05, 0.1) is 5.52 Å². The summed E-state index contributed by atoms with van der Waals surface area (Å²) in [6.07, 6.45) is 1.04. The molecule has 0 aliphatic heterocycles. The van der Waals surface area contributed by atoms with Crippen molar-refractivity contribution in [3.8, 4) is 0 Å². The van der Waals surface area contributed by atoms with Crippen LogP contribution >= 0.6 is 0 Å². The number of nitrogens with zero attached hydrogens (tertiary/aromatic N) is 1. The molecule has 0 radical (unpaired) electrons. The lowest BCUT2D eigenvalue weighted by molar-refractivity contribution is 0.567. The minimum Gasteiger partial charge on any atom is -0.370 e. The first-order valence-electron chi connectivity index (χ1n) is 6.51. The summed E-state index contributed by atoms with van der Waals surface area (Å²) in [5, 5.41) is 4.61. The predicted molar refractivity (Wildman–Crippen MR) is 77.8 cm³/mol. The standard InChI is InChI=1S/C15H21N3/c1-11(7-8-16)10-17-15-12(2)9-13-5-3-4-6-14(13)18-15/h3-6,9,11H,7-8,10,16H2,1-2H3,(H,17,18). The van der Waals surface area contributed by atoms with Gasteiger partial charge in [0.2, 0.25) is 0 Å². The van der Waals surface area contributed by atoms with Crippen molar-refractivity contribution in [1.82, 2.24) is 4.98 Å². The molecule has 3 heteroatoms. The number of rotatable bonds is 5. The van der Waals surface area contributed by atoms with Crippen LogP contribution in [0.15, 0.2) is 30.3 Å². The number of nitrogens with one attached hydrogen (secondary N) is 1. The average molecular weight is 243 g/mol. The molecule has 0 bridgehead atoms. The molecule has 0 spiro atoms. The molecule has 1 aromatic heterocycles. The first-order valence-corrected chi connectivity index (χ1v) is 6.51. The van der Waals surface area contributed by atoms with Gasteiger partial charge < -0.3 is 11.1 Å². The summed E-state index contributed by atoms with van der Waals surface area (Å²) >= 11 is 0. The highest BCUT2D eigenvalue weighted by Crippen LogP contribution is 2.19. The quantitative estimate of drug-likeness (QED) is 0.849. The van der Waals surface area contributed by atoms with Gasteiger partial charge in [0, 0.05) is 11.9 Å². The minimum atomic E-state index is 0.572. The third kappa shape index (κ3) is 2.99. The van der Waals surface area contributed by atoms with Crippen LogP contribution in [0.4, 0.5) is 5.82 Å². The molecule has 1 unspecified atom stereocenters. The highest BCUT2D eigenvalue weighted by atomic mass is 15.0. The van der Waals surface area contributed by atoms with Crippen LogP contribution in [0.3, 0.4) is 0 Å². The Labute approximate surface area is 108 Å². The molecule has 0 aliphatic carbocycles. The Morgan fingerprint density at radius 2 is 2.11 bits per heavy atom. The zero-order chi connectivity index (χ0) is 13.0. The summed E-state index contributed by atoms with van der Waals surface area (Å²) in [6.45, 7) is 5.96. The van der Waals surface area contributed by atoms with Gasteiger partial charge in [-0.05, 0) is 43.5 Å². The second kappa shape index (κ2) is 5.83. The number of aromatic nitrogens is 1. The van der Waals surface area contributed by atoms with E-state index in [1.807, 2.05) is 18.2 Å². The van der Waals surface area contributed by atoms with Crippen LogP contribution in [0, 0.1) is 12.8 Å². The normalized spacial score (nSPS) is 12.6. The second-order valence-corrected chi connectivity index (χ2v) is 4.91. The van der Waals surface area contributed by atoms with Crippen LogP contribution in [0.5, 0.6) is 0 Å². The first-order chi connectivity index (χ1) is 8.70. The van der Waals surface area contributed by atoms with Crippen molar-refractivity contribution in [3.63, 3.8) is 0 Å². The second-order valence-electron chi connectivity index (χ2n) is 4.91. The van der Waals surface area contributed by atoms with Crippen molar-refractivity contribution in [2.45, 2.75) is 20.3 Å². The summed E-state index contributed by atoms with van der Waals surface area (Å²) in [7, 11) is 0. The molecule has 1 atom stereocenters. The molecular formula is C15H21N3. The third-order valence-electron chi connectivity index (χ3n) is 3.19. The Balaban J connectivity index is 2.15. The van der Waals surface area contributed by atoms with Crippen molar-refractivity contribution in [1.29, 1.82) is 0 Å². The highest BCUT2D eigenvalue weighted by molar-refractivity contribution is 5.81. The number of hydrogen-bond donors (Lipinski definition) is 2. The zero-order valence-electron chi connectivity index (χ0n) is 11.1. The maximum absolute atomic E-state index is 5.56. The highest BCUT2D eigenvalue weighted by Gasteiger charge is 2.05. The molecule has 0 fully saturated rings. The van der Waals surface area contributed by atoms with E-state index in [1.54, 1.807) is 0 Å². The number of anilines is 1. The van der Waals surface area contributed by atoms with Crippen LogP contribution in [0.25, 0.3) is 10.9 Å². The lowest BCUT2D eigenvalue weighted by Crippen LogP contribution is -2.16. The molecule has 96 valence electrons. The molecular weight excluding hydrogens is 222 g/mol. The summed E-state index contributed by atoms with van der Waals surface area (Å²) < 4.78 is 0. The van der Waals surface area contributed by atoms with Crippen molar-refractivity contribution in [2.75, 3.05) is 18.4 Å². The van der Waals surface area contributed by atoms with E-state index in [2.05, 4.69) is 36.3 Å². The van der Waals surface area contributed by atoms with E-state index in [1.165, 1.54) is 10.9 Å². The molecule has 0 saturated heterocycles. The van der Waals surface area contributed by atoms with Gasteiger partial charge in [-0.15, -0.1) is 0 Å². The summed E-state index contributed by atoms with van der Waals surface area (Å²) in [4.78, 5) is 4.66. The Bertz CT molecular complexity index is 522. The summed E-state index contributed by atoms with van der Waals surface area (Å²) in [5.41, 5.74) is 7.79. The van der Waals surface area contributed by atoms with E-state index in [9.17, 15) is 0 Å². The van der Waals surface area contributed by atoms with E-state index in [4.69, 9.17) is 5.73 Å². The Kier molecular flexibility index (Phi) is 4.15. The number of aryl methyl sites for hydroxylation is 1. The predicted octanol–water partition coefficient (Wildman–Crippen LogP) is 2.94. The number of hydrogen-bond acceptors (Lipinski definition) is 3. The van der Waals surface area contributed by atoms with Crippen LogP contribution in [-0.4, -0.2) is 18.1 Å². The number of para-hydroxylation sites is 1. The van der Waals surface area contributed by atoms with Crippen molar-refractivity contribution in [2.24, 2.45) is 11.7 Å². The summed E-state index contributed by atoms with van der Waals surface area (Å²) in [5.74, 6) is 1.56. The minimum absolute atomic E-state index is 0.572. The zero-order valence-corrected chi connectivity index (χ0v) is 11.1. The molecule has 1 heterocycles. The van der Waals surface area contributed by atoms with Crippen molar-refractivity contribution in [3.05, 3.63) is 35.9 Å². The number of fused-ring (bicyclic) bond motifs is 1. The molecule has 1 aromatic carbocycles. The van der Waals surface area contributed by atoms with Crippen LogP contribution in [-0.2, 0) is 0 Å². The fraction of sp³-hybridized carbons (Fsp3) is 0.400. The molecule has 0 saturated carbocycles. The average Bonchev–Trinajstić information content (AvgIpc) is 2.36. The van der Waals surface area contributed by atoms with Crippen LogP contribution < -0.4 is 11.1 Å². The Morgan fingerprint density at radius 1 is 1.33 bits per heavy atom. The number of pyridine rings is 1. The van der Waals surface area contributed by atoms with Crippen LogP contribution in [0.1, 0.15) is 18.9 Å². The smallest absolute Gasteiger partial charge is 0.129 e. The molecule has 0 aliphatic rings. The van der Waals surface area contributed by atoms with Gasteiger partial charge in [-0.3, -0.25) is 0 Å². The molecule has 3 N–H and O–H groups in total. The topological polar surface area (TPSA) is 50.9 Å². The first kappa shape index (κ1) is 12.8. The van der Waals surface area contributed by atoms with E-state index in [-0.39, 0.29) is 0 Å². The van der Waals surface area contributed by atoms with Crippen molar-refractivity contribution >= 4 is 16.7 Å². The number of nitrogens with two attached hydrogens (primary N) is 1. The van der Waals surface area contributed by atoms with E-state index in [0.29, 0.717) is 5.92 Å². The van der Waals surface area contributed by atoms with Gasteiger partial charge in [0.1, 0.15) is 5.82 Å². The third-order valence-corrected chi connectivity index (χ3v) is 3.19.